The van der Waals surface area contributed by atoms with Gasteiger partial charge in [-0.15, -0.1) is 0 Å². The van der Waals surface area contributed by atoms with Crippen molar-refractivity contribution in [3.8, 4) is 11.3 Å². The molecule has 0 unspecified atom stereocenters. The summed E-state index contributed by atoms with van der Waals surface area (Å²) in [4.78, 5) is 0. The fourth-order valence-electron chi connectivity index (χ4n) is 2.80. The number of fused-ring (bicyclic) bond motifs is 1. The Kier molecular flexibility index (Phi) is 3.47. The molecule has 0 aliphatic rings. The molecule has 2 aromatic carbocycles. The SMILES string of the molecule is CCn1c(-c2ccc(C(F)(F)F)cc2)cc2cc(C)ccc21. The van der Waals surface area contributed by atoms with Gasteiger partial charge in [-0.3, -0.25) is 0 Å². The van der Waals surface area contributed by atoms with Crippen LogP contribution in [-0.2, 0) is 12.7 Å². The van der Waals surface area contributed by atoms with Crippen LogP contribution in [0.1, 0.15) is 18.1 Å². The van der Waals surface area contributed by atoms with Crippen molar-refractivity contribution >= 4 is 10.9 Å². The molecule has 0 fully saturated rings. The standard InChI is InChI=1S/C18H16F3N/c1-3-22-16-9-4-12(2)10-14(16)11-17(22)13-5-7-15(8-6-13)18(19,20)21/h4-11H,3H2,1-2H3. The van der Waals surface area contributed by atoms with Crippen molar-refractivity contribution in [3.05, 3.63) is 59.7 Å². The van der Waals surface area contributed by atoms with Crippen LogP contribution in [0.4, 0.5) is 13.2 Å². The molecular formula is C18H16F3N. The Morgan fingerprint density at radius 3 is 2.23 bits per heavy atom. The molecule has 0 saturated carbocycles. The number of hydrogen-bond acceptors (Lipinski definition) is 0. The van der Waals surface area contributed by atoms with Gasteiger partial charge in [0.15, 0.2) is 0 Å². The molecule has 0 atom stereocenters. The predicted molar refractivity (Wildman–Crippen MR) is 82.8 cm³/mol. The van der Waals surface area contributed by atoms with E-state index in [9.17, 15) is 13.2 Å². The Bertz CT molecular complexity index is 811. The predicted octanol–water partition coefficient (Wildman–Crippen LogP) is 5.66. The van der Waals surface area contributed by atoms with Crippen LogP contribution in [0.15, 0.2) is 48.5 Å². The lowest BCUT2D eigenvalue weighted by atomic mass is 10.1. The third kappa shape index (κ3) is 2.49. The summed E-state index contributed by atoms with van der Waals surface area (Å²) >= 11 is 0. The van der Waals surface area contributed by atoms with E-state index in [-0.39, 0.29) is 0 Å². The van der Waals surface area contributed by atoms with Crippen molar-refractivity contribution in [2.24, 2.45) is 0 Å². The first kappa shape index (κ1) is 14.7. The van der Waals surface area contributed by atoms with E-state index in [2.05, 4.69) is 16.7 Å². The molecule has 3 aromatic rings. The highest BCUT2D eigenvalue weighted by Crippen LogP contribution is 2.33. The number of aryl methyl sites for hydroxylation is 2. The molecule has 0 radical (unpaired) electrons. The summed E-state index contributed by atoms with van der Waals surface area (Å²) in [7, 11) is 0. The van der Waals surface area contributed by atoms with Crippen LogP contribution >= 0.6 is 0 Å². The first-order chi connectivity index (χ1) is 10.4. The van der Waals surface area contributed by atoms with Gasteiger partial charge in [-0.2, -0.15) is 13.2 Å². The fourth-order valence-corrected chi connectivity index (χ4v) is 2.80. The summed E-state index contributed by atoms with van der Waals surface area (Å²) in [6.45, 7) is 4.83. The first-order valence-corrected chi connectivity index (χ1v) is 7.17. The molecule has 0 N–H and O–H groups in total. The average molecular weight is 303 g/mol. The van der Waals surface area contributed by atoms with Crippen LogP contribution in [0, 0.1) is 6.92 Å². The van der Waals surface area contributed by atoms with Crippen LogP contribution in [0.2, 0.25) is 0 Å². The van der Waals surface area contributed by atoms with Gasteiger partial charge < -0.3 is 4.57 Å². The summed E-state index contributed by atoms with van der Waals surface area (Å²) in [5.74, 6) is 0. The van der Waals surface area contributed by atoms with E-state index in [1.165, 1.54) is 17.7 Å². The molecule has 1 aromatic heterocycles. The second kappa shape index (κ2) is 5.20. The summed E-state index contributed by atoms with van der Waals surface area (Å²) < 4.78 is 40.1. The van der Waals surface area contributed by atoms with Crippen LogP contribution in [0.3, 0.4) is 0 Å². The van der Waals surface area contributed by atoms with E-state index in [4.69, 9.17) is 0 Å². The molecule has 4 heteroatoms. The number of hydrogen-bond donors (Lipinski definition) is 0. The van der Waals surface area contributed by atoms with Gasteiger partial charge in [0, 0.05) is 23.1 Å². The van der Waals surface area contributed by atoms with Crippen molar-refractivity contribution < 1.29 is 13.2 Å². The van der Waals surface area contributed by atoms with Gasteiger partial charge in [-0.1, -0.05) is 23.8 Å². The summed E-state index contributed by atoms with van der Waals surface area (Å²) in [6, 6.07) is 13.6. The summed E-state index contributed by atoms with van der Waals surface area (Å²) in [5, 5.41) is 1.11. The highest BCUT2D eigenvalue weighted by molar-refractivity contribution is 5.87. The maximum absolute atomic E-state index is 12.7. The lowest BCUT2D eigenvalue weighted by Gasteiger charge is -2.10. The van der Waals surface area contributed by atoms with Crippen molar-refractivity contribution in [1.82, 2.24) is 4.57 Å². The van der Waals surface area contributed by atoms with Crippen molar-refractivity contribution in [3.63, 3.8) is 0 Å². The smallest absolute Gasteiger partial charge is 0.341 e. The van der Waals surface area contributed by atoms with Gasteiger partial charge in [0.2, 0.25) is 0 Å². The zero-order valence-corrected chi connectivity index (χ0v) is 12.4. The van der Waals surface area contributed by atoms with E-state index in [1.54, 1.807) is 0 Å². The topological polar surface area (TPSA) is 4.93 Å². The highest BCUT2D eigenvalue weighted by atomic mass is 19.4. The zero-order chi connectivity index (χ0) is 15.9. The lowest BCUT2D eigenvalue weighted by Crippen LogP contribution is -2.04. The summed E-state index contributed by atoms with van der Waals surface area (Å²) in [6.07, 6.45) is -4.30. The molecule has 0 bridgehead atoms. The van der Waals surface area contributed by atoms with Gasteiger partial charge in [-0.25, -0.2) is 0 Å². The molecule has 0 spiro atoms. The number of rotatable bonds is 2. The number of benzene rings is 2. The minimum absolute atomic E-state index is 0.619. The second-order valence-corrected chi connectivity index (χ2v) is 5.41. The average Bonchev–Trinajstić information content (AvgIpc) is 2.84. The fraction of sp³-hybridized carbons (Fsp3) is 0.222. The number of nitrogens with zero attached hydrogens (tertiary/aromatic N) is 1. The molecule has 0 amide bonds. The monoisotopic (exact) mass is 303 g/mol. The lowest BCUT2D eigenvalue weighted by molar-refractivity contribution is -0.137. The number of alkyl halides is 3. The van der Waals surface area contributed by atoms with Crippen LogP contribution in [0.5, 0.6) is 0 Å². The van der Waals surface area contributed by atoms with Gasteiger partial charge in [0.1, 0.15) is 0 Å². The van der Waals surface area contributed by atoms with Crippen molar-refractivity contribution in [2.45, 2.75) is 26.6 Å². The maximum Gasteiger partial charge on any atom is 0.416 e. The van der Waals surface area contributed by atoms with E-state index >= 15 is 0 Å². The highest BCUT2D eigenvalue weighted by Gasteiger charge is 2.30. The molecule has 1 nitrogen and oxygen atoms in total. The van der Waals surface area contributed by atoms with E-state index < -0.39 is 11.7 Å². The van der Waals surface area contributed by atoms with E-state index in [1.807, 2.05) is 26.0 Å². The third-order valence-corrected chi connectivity index (χ3v) is 3.88. The molecule has 0 saturated heterocycles. The van der Waals surface area contributed by atoms with Crippen LogP contribution in [0.25, 0.3) is 22.2 Å². The Labute approximate surface area is 127 Å². The molecule has 22 heavy (non-hydrogen) atoms. The Hall–Kier alpha value is -2.23. The van der Waals surface area contributed by atoms with Gasteiger partial charge in [0.25, 0.3) is 0 Å². The van der Waals surface area contributed by atoms with Crippen LogP contribution in [-0.4, -0.2) is 4.57 Å². The molecule has 3 rings (SSSR count). The second-order valence-electron chi connectivity index (χ2n) is 5.41. The van der Waals surface area contributed by atoms with Crippen molar-refractivity contribution in [1.29, 1.82) is 0 Å². The van der Waals surface area contributed by atoms with E-state index in [0.717, 1.165) is 40.8 Å². The zero-order valence-electron chi connectivity index (χ0n) is 12.4. The normalized spacial score (nSPS) is 12.0. The number of aromatic nitrogens is 1. The molecule has 114 valence electrons. The third-order valence-electron chi connectivity index (χ3n) is 3.88. The van der Waals surface area contributed by atoms with Crippen LogP contribution < -0.4 is 0 Å². The Balaban J connectivity index is 2.13. The molecule has 1 heterocycles. The quantitative estimate of drug-likeness (QED) is 0.576. The minimum Gasteiger partial charge on any atom is -0.341 e. The first-order valence-electron chi connectivity index (χ1n) is 7.17. The van der Waals surface area contributed by atoms with Crippen molar-refractivity contribution in [2.75, 3.05) is 0 Å². The van der Waals surface area contributed by atoms with Gasteiger partial charge >= 0.3 is 6.18 Å². The van der Waals surface area contributed by atoms with Gasteiger partial charge in [0.05, 0.1) is 5.56 Å². The molecule has 0 aliphatic heterocycles. The van der Waals surface area contributed by atoms with Gasteiger partial charge in [-0.05, 0) is 49.7 Å². The largest absolute Gasteiger partial charge is 0.416 e. The summed E-state index contributed by atoms with van der Waals surface area (Å²) in [5.41, 5.74) is 3.38. The Morgan fingerprint density at radius 2 is 1.64 bits per heavy atom. The maximum atomic E-state index is 12.7. The van der Waals surface area contributed by atoms with E-state index in [0.29, 0.717) is 0 Å². The number of halogens is 3. The molecule has 0 aliphatic carbocycles. The Morgan fingerprint density at radius 1 is 0.955 bits per heavy atom. The molecular weight excluding hydrogens is 287 g/mol. The minimum atomic E-state index is -4.30.